The monoisotopic (exact) mass is 263 g/mol. The number of amides is 1. The van der Waals surface area contributed by atoms with E-state index in [4.69, 9.17) is 0 Å². The van der Waals surface area contributed by atoms with Crippen molar-refractivity contribution in [3.8, 4) is 0 Å². The second-order valence-electron chi connectivity index (χ2n) is 4.63. The lowest BCUT2D eigenvalue weighted by Crippen LogP contribution is -2.54. The van der Waals surface area contributed by atoms with Gasteiger partial charge in [0.2, 0.25) is 15.9 Å². The molecule has 17 heavy (non-hydrogen) atoms. The van der Waals surface area contributed by atoms with Gasteiger partial charge in [0.05, 0.1) is 0 Å². The highest BCUT2D eigenvalue weighted by Gasteiger charge is 2.36. The third-order valence-corrected chi connectivity index (χ3v) is 5.07. The molecule has 1 rings (SSSR count). The van der Waals surface area contributed by atoms with Gasteiger partial charge in [-0.05, 0) is 13.8 Å². The summed E-state index contributed by atoms with van der Waals surface area (Å²) in [6.45, 7) is 4.86. The summed E-state index contributed by atoms with van der Waals surface area (Å²) in [5, 5.41) is 2.16. The lowest BCUT2D eigenvalue weighted by molar-refractivity contribution is -0.128. The zero-order valence-corrected chi connectivity index (χ0v) is 11.6. The van der Waals surface area contributed by atoms with Gasteiger partial charge in [0.1, 0.15) is 0 Å². The summed E-state index contributed by atoms with van der Waals surface area (Å²) in [5.41, 5.74) is 0. The quantitative estimate of drug-likeness (QED) is 0.715. The van der Waals surface area contributed by atoms with Gasteiger partial charge in [-0.15, -0.1) is 0 Å². The number of sulfonamides is 1. The number of rotatable bonds is 3. The molecule has 1 amide bonds. The molecule has 2 unspecified atom stereocenters. The molecule has 1 N–H and O–H groups in total. The van der Waals surface area contributed by atoms with Crippen molar-refractivity contribution in [3.05, 3.63) is 0 Å². The fourth-order valence-electron chi connectivity index (χ4n) is 1.84. The minimum atomic E-state index is -3.54. The first-order chi connectivity index (χ1) is 7.76. The minimum absolute atomic E-state index is 0.125. The average Bonchev–Trinajstić information content (AvgIpc) is 2.26. The molecule has 0 radical (unpaired) electrons. The van der Waals surface area contributed by atoms with Crippen LogP contribution in [0.15, 0.2) is 0 Å². The highest BCUT2D eigenvalue weighted by Crippen LogP contribution is 2.13. The van der Waals surface area contributed by atoms with E-state index in [1.165, 1.54) is 16.1 Å². The summed E-state index contributed by atoms with van der Waals surface area (Å²) in [6.07, 6.45) is 0. The van der Waals surface area contributed by atoms with E-state index < -0.39 is 15.3 Å². The maximum atomic E-state index is 12.2. The molecule has 0 spiro atoms. The van der Waals surface area contributed by atoms with Crippen molar-refractivity contribution >= 4 is 15.9 Å². The number of hydrogen-bond acceptors (Lipinski definition) is 4. The van der Waals surface area contributed by atoms with Gasteiger partial charge in [-0.2, -0.15) is 4.31 Å². The predicted octanol–water partition coefficient (Wildman–Crippen LogP) is -0.913. The van der Waals surface area contributed by atoms with E-state index in [1.54, 1.807) is 14.1 Å². The lowest BCUT2D eigenvalue weighted by atomic mass is 10.3. The largest absolute Gasteiger partial charge is 0.348 e. The summed E-state index contributed by atoms with van der Waals surface area (Å²) in [7, 11) is -0.409. The van der Waals surface area contributed by atoms with E-state index in [0.717, 1.165) is 0 Å². The Morgan fingerprint density at radius 2 is 2.06 bits per heavy atom. The lowest BCUT2D eigenvalue weighted by Gasteiger charge is -2.33. The van der Waals surface area contributed by atoms with Gasteiger partial charge in [-0.3, -0.25) is 4.79 Å². The van der Waals surface area contributed by atoms with Crippen molar-refractivity contribution in [2.75, 3.05) is 33.7 Å². The molecular formula is C10H21N3O3S. The summed E-state index contributed by atoms with van der Waals surface area (Å²) < 4.78 is 25.9. The van der Waals surface area contributed by atoms with Crippen LogP contribution in [0, 0.1) is 0 Å². The van der Waals surface area contributed by atoms with Gasteiger partial charge in [0, 0.05) is 39.8 Å². The Morgan fingerprint density at radius 1 is 1.47 bits per heavy atom. The molecule has 6 nitrogen and oxygen atoms in total. The van der Waals surface area contributed by atoms with Gasteiger partial charge < -0.3 is 10.2 Å². The van der Waals surface area contributed by atoms with Crippen LogP contribution in [0.4, 0.5) is 0 Å². The summed E-state index contributed by atoms with van der Waals surface area (Å²) >= 11 is 0. The van der Waals surface area contributed by atoms with Crippen LogP contribution in [0.1, 0.15) is 13.8 Å². The van der Waals surface area contributed by atoms with Gasteiger partial charge >= 0.3 is 0 Å². The molecule has 100 valence electrons. The first kappa shape index (κ1) is 14.4. The molecule has 0 aromatic carbocycles. The Hall–Kier alpha value is -0.660. The van der Waals surface area contributed by atoms with Crippen molar-refractivity contribution in [1.29, 1.82) is 0 Å². The summed E-state index contributed by atoms with van der Waals surface area (Å²) in [5.74, 6) is -0.379. The van der Waals surface area contributed by atoms with Gasteiger partial charge in [0.15, 0.2) is 5.25 Å². The highest BCUT2D eigenvalue weighted by molar-refractivity contribution is 7.90. The maximum absolute atomic E-state index is 12.2. The predicted molar refractivity (Wildman–Crippen MR) is 66.1 cm³/mol. The van der Waals surface area contributed by atoms with E-state index in [9.17, 15) is 13.2 Å². The van der Waals surface area contributed by atoms with E-state index in [0.29, 0.717) is 19.6 Å². The molecule has 1 saturated heterocycles. The van der Waals surface area contributed by atoms with Crippen molar-refractivity contribution in [3.63, 3.8) is 0 Å². The second-order valence-corrected chi connectivity index (χ2v) is 6.89. The van der Waals surface area contributed by atoms with Crippen molar-refractivity contribution < 1.29 is 13.2 Å². The van der Waals surface area contributed by atoms with Crippen LogP contribution >= 0.6 is 0 Å². The molecule has 0 aromatic rings. The third-order valence-electron chi connectivity index (χ3n) is 2.93. The smallest absolute Gasteiger partial charge is 0.241 e. The molecule has 1 heterocycles. The maximum Gasteiger partial charge on any atom is 0.241 e. The SMILES string of the molecule is CC1CN(S(=O)(=O)C(C)C(=O)N(C)C)CCN1. The number of piperazine rings is 1. The zero-order valence-electron chi connectivity index (χ0n) is 10.8. The van der Waals surface area contributed by atoms with Crippen LogP contribution < -0.4 is 5.32 Å². The van der Waals surface area contributed by atoms with Crippen molar-refractivity contribution in [2.24, 2.45) is 0 Å². The number of hydrogen-bond donors (Lipinski definition) is 1. The third kappa shape index (κ3) is 3.17. The normalized spacial score (nSPS) is 24.4. The minimum Gasteiger partial charge on any atom is -0.348 e. The first-order valence-corrected chi connectivity index (χ1v) is 7.20. The Balaban J connectivity index is 2.83. The molecule has 1 aliphatic rings. The summed E-state index contributed by atoms with van der Waals surface area (Å²) in [6, 6.07) is 0.125. The van der Waals surface area contributed by atoms with Crippen LogP contribution in [0.5, 0.6) is 0 Å². The number of nitrogens with one attached hydrogen (secondary N) is 1. The van der Waals surface area contributed by atoms with Crippen molar-refractivity contribution in [1.82, 2.24) is 14.5 Å². The Bertz CT molecular complexity index is 380. The van der Waals surface area contributed by atoms with Crippen LogP contribution in [0.3, 0.4) is 0 Å². The van der Waals surface area contributed by atoms with Crippen LogP contribution in [-0.2, 0) is 14.8 Å². The topological polar surface area (TPSA) is 69.7 Å². The Morgan fingerprint density at radius 3 is 2.53 bits per heavy atom. The van der Waals surface area contributed by atoms with Gasteiger partial charge in [0.25, 0.3) is 0 Å². The van der Waals surface area contributed by atoms with Crippen molar-refractivity contribution in [2.45, 2.75) is 25.1 Å². The van der Waals surface area contributed by atoms with Gasteiger partial charge in [-0.25, -0.2) is 8.42 Å². The fraction of sp³-hybridized carbons (Fsp3) is 0.900. The summed E-state index contributed by atoms with van der Waals surface area (Å²) in [4.78, 5) is 13.0. The van der Waals surface area contributed by atoms with Gasteiger partial charge in [-0.1, -0.05) is 0 Å². The highest BCUT2D eigenvalue weighted by atomic mass is 32.2. The van der Waals surface area contributed by atoms with E-state index >= 15 is 0 Å². The molecule has 1 fully saturated rings. The fourth-order valence-corrected chi connectivity index (χ4v) is 3.53. The zero-order chi connectivity index (χ0) is 13.2. The van der Waals surface area contributed by atoms with Crippen LogP contribution in [0.25, 0.3) is 0 Å². The van der Waals surface area contributed by atoms with Crippen LogP contribution in [0.2, 0.25) is 0 Å². The van der Waals surface area contributed by atoms with E-state index in [2.05, 4.69) is 5.32 Å². The number of carbonyl (C=O) groups excluding carboxylic acids is 1. The van der Waals surface area contributed by atoms with E-state index in [1.807, 2.05) is 6.92 Å². The molecule has 0 saturated carbocycles. The Labute approximate surface area is 103 Å². The second kappa shape index (κ2) is 5.32. The molecular weight excluding hydrogens is 242 g/mol. The molecule has 2 atom stereocenters. The molecule has 1 aliphatic heterocycles. The Kier molecular flexibility index (Phi) is 4.51. The van der Waals surface area contributed by atoms with E-state index in [-0.39, 0.29) is 11.9 Å². The number of carbonyl (C=O) groups is 1. The standard InChI is InChI=1S/C10H21N3O3S/c1-8-7-13(6-5-11-8)17(15,16)9(2)10(14)12(3)4/h8-9,11H,5-7H2,1-4H3. The molecule has 0 aromatic heterocycles. The molecule has 0 aliphatic carbocycles. The first-order valence-electron chi connectivity index (χ1n) is 5.70. The molecule has 7 heteroatoms. The average molecular weight is 263 g/mol. The molecule has 0 bridgehead atoms. The van der Waals surface area contributed by atoms with Crippen LogP contribution in [-0.4, -0.2) is 68.6 Å². The number of nitrogens with zero attached hydrogens (tertiary/aromatic N) is 2.